The van der Waals surface area contributed by atoms with Crippen LogP contribution in [-0.4, -0.2) is 19.0 Å². The lowest BCUT2D eigenvalue weighted by atomic mass is 10.0. The van der Waals surface area contributed by atoms with Crippen LogP contribution >= 0.6 is 0 Å². The van der Waals surface area contributed by atoms with Gasteiger partial charge < -0.3 is 9.47 Å². The van der Waals surface area contributed by atoms with E-state index in [1.54, 1.807) is 6.07 Å². The Labute approximate surface area is 110 Å². The third kappa shape index (κ3) is 2.91. The molecule has 0 unspecified atom stereocenters. The molecule has 19 heavy (non-hydrogen) atoms. The first-order valence-electron chi connectivity index (χ1n) is 5.85. The van der Waals surface area contributed by atoms with Gasteiger partial charge >= 0.3 is 11.9 Å². The summed E-state index contributed by atoms with van der Waals surface area (Å²) in [6, 6.07) is 11.3. The normalized spacial score (nSPS) is 10.2. The van der Waals surface area contributed by atoms with Gasteiger partial charge in [-0.25, -0.2) is 4.79 Å². The summed E-state index contributed by atoms with van der Waals surface area (Å²) in [4.78, 5) is 22.7. The maximum Gasteiger partial charge on any atom is 0.338 e. The average molecular weight is 258 g/mol. The average Bonchev–Trinajstić information content (AvgIpc) is 2.43. The van der Waals surface area contributed by atoms with E-state index in [4.69, 9.17) is 9.47 Å². The van der Waals surface area contributed by atoms with Crippen LogP contribution in [0.1, 0.15) is 22.8 Å². The van der Waals surface area contributed by atoms with Crippen molar-refractivity contribution in [2.45, 2.75) is 13.5 Å². The summed E-state index contributed by atoms with van der Waals surface area (Å²) >= 11 is 0. The summed E-state index contributed by atoms with van der Waals surface area (Å²) in [7, 11) is 1.33. The van der Waals surface area contributed by atoms with Crippen molar-refractivity contribution in [1.29, 1.82) is 0 Å². The molecule has 0 saturated carbocycles. The van der Waals surface area contributed by atoms with Gasteiger partial charge in [-0.2, -0.15) is 0 Å². The molecular weight excluding hydrogens is 244 g/mol. The van der Waals surface area contributed by atoms with Crippen molar-refractivity contribution in [1.82, 2.24) is 0 Å². The number of methoxy groups -OCH3 is 1. The fourth-order valence-electron chi connectivity index (χ4n) is 1.89. The second kappa shape index (κ2) is 5.52. The van der Waals surface area contributed by atoms with Crippen molar-refractivity contribution in [3.05, 3.63) is 47.5 Å². The zero-order chi connectivity index (χ0) is 13.8. The molecule has 0 aliphatic rings. The van der Waals surface area contributed by atoms with Gasteiger partial charge in [-0.3, -0.25) is 4.79 Å². The molecule has 2 rings (SSSR count). The SMILES string of the molecule is COC(=O)c1cc2ccccc2cc1COC(C)=O. The molecule has 0 aromatic heterocycles. The van der Waals surface area contributed by atoms with Crippen molar-refractivity contribution in [3.8, 4) is 0 Å². The molecule has 4 nitrogen and oxygen atoms in total. The highest BCUT2D eigenvalue weighted by atomic mass is 16.5. The van der Waals surface area contributed by atoms with Crippen LogP contribution in [0.4, 0.5) is 0 Å². The predicted molar refractivity (Wildman–Crippen MR) is 70.8 cm³/mol. The summed E-state index contributed by atoms with van der Waals surface area (Å²) in [6.07, 6.45) is 0. The highest BCUT2D eigenvalue weighted by Crippen LogP contribution is 2.21. The molecule has 0 fully saturated rings. The van der Waals surface area contributed by atoms with E-state index in [-0.39, 0.29) is 12.6 Å². The Kier molecular flexibility index (Phi) is 3.80. The van der Waals surface area contributed by atoms with Crippen LogP contribution < -0.4 is 0 Å². The molecule has 0 amide bonds. The maximum absolute atomic E-state index is 11.8. The van der Waals surface area contributed by atoms with E-state index in [2.05, 4.69) is 0 Å². The van der Waals surface area contributed by atoms with E-state index in [1.807, 2.05) is 30.3 Å². The molecule has 0 bridgehead atoms. The summed E-state index contributed by atoms with van der Waals surface area (Å²) in [5, 5.41) is 1.92. The van der Waals surface area contributed by atoms with Crippen LogP contribution in [0.3, 0.4) is 0 Å². The second-order valence-electron chi connectivity index (χ2n) is 4.13. The Bertz CT molecular complexity index is 631. The van der Waals surface area contributed by atoms with Crippen molar-refractivity contribution in [2.75, 3.05) is 7.11 Å². The number of hydrogen-bond acceptors (Lipinski definition) is 4. The van der Waals surface area contributed by atoms with E-state index in [0.717, 1.165) is 10.8 Å². The highest BCUT2D eigenvalue weighted by molar-refractivity contribution is 5.97. The Morgan fingerprint density at radius 2 is 1.74 bits per heavy atom. The largest absolute Gasteiger partial charge is 0.465 e. The zero-order valence-electron chi connectivity index (χ0n) is 10.8. The topological polar surface area (TPSA) is 52.6 Å². The van der Waals surface area contributed by atoms with Gasteiger partial charge in [0.1, 0.15) is 6.61 Å². The van der Waals surface area contributed by atoms with E-state index in [0.29, 0.717) is 11.1 Å². The number of rotatable bonds is 3. The van der Waals surface area contributed by atoms with E-state index >= 15 is 0 Å². The number of carbonyl (C=O) groups is 2. The van der Waals surface area contributed by atoms with Crippen LogP contribution in [0, 0.1) is 0 Å². The first-order chi connectivity index (χ1) is 9.11. The summed E-state index contributed by atoms with van der Waals surface area (Å²) in [5.74, 6) is -0.822. The standard InChI is InChI=1S/C15H14O4/c1-10(16)19-9-13-7-11-5-3-4-6-12(11)8-14(13)15(17)18-2/h3-8H,9H2,1-2H3. The van der Waals surface area contributed by atoms with E-state index < -0.39 is 5.97 Å². The van der Waals surface area contributed by atoms with Crippen molar-refractivity contribution >= 4 is 22.7 Å². The zero-order valence-corrected chi connectivity index (χ0v) is 10.8. The van der Waals surface area contributed by atoms with Gasteiger partial charge in [0.25, 0.3) is 0 Å². The maximum atomic E-state index is 11.8. The number of fused-ring (bicyclic) bond motifs is 1. The minimum Gasteiger partial charge on any atom is -0.465 e. The minimum atomic E-state index is -0.437. The smallest absolute Gasteiger partial charge is 0.338 e. The van der Waals surface area contributed by atoms with Crippen molar-refractivity contribution in [2.24, 2.45) is 0 Å². The van der Waals surface area contributed by atoms with Gasteiger partial charge in [0.05, 0.1) is 12.7 Å². The van der Waals surface area contributed by atoms with Gasteiger partial charge in [0.2, 0.25) is 0 Å². The monoisotopic (exact) mass is 258 g/mol. The molecule has 0 radical (unpaired) electrons. The van der Waals surface area contributed by atoms with Crippen LogP contribution in [0.2, 0.25) is 0 Å². The Morgan fingerprint density at radius 1 is 1.11 bits per heavy atom. The van der Waals surface area contributed by atoms with Crippen molar-refractivity contribution < 1.29 is 19.1 Å². The fourth-order valence-corrected chi connectivity index (χ4v) is 1.89. The predicted octanol–water partition coefficient (Wildman–Crippen LogP) is 2.69. The lowest BCUT2D eigenvalue weighted by Crippen LogP contribution is -2.08. The Balaban J connectivity index is 2.50. The molecule has 0 aliphatic heterocycles. The molecule has 0 saturated heterocycles. The molecule has 2 aromatic carbocycles. The van der Waals surface area contributed by atoms with Crippen LogP contribution in [0.15, 0.2) is 36.4 Å². The fraction of sp³-hybridized carbons (Fsp3) is 0.200. The van der Waals surface area contributed by atoms with E-state index in [1.165, 1.54) is 14.0 Å². The quantitative estimate of drug-likeness (QED) is 0.794. The minimum absolute atomic E-state index is 0.0601. The Morgan fingerprint density at radius 3 is 2.32 bits per heavy atom. The molecule has 0 spiro atoms. The van der Waals surface area contributed by atoms with Gasteiger partial charge in [-0.1, -0.05) is 24.3 Å². The number of benzene rings is 2. The van der Waals surface area contributed by atoms with E-state index in [9.17, 15) is 9.59 Å². The molecular formula is C15H14O4. The number of hydrogen-bond donors (Lipinski definition) is 0. The van der Waals surface area contributed by atoms with Gasteiger partial charge in [-0.15, -0.1) is 0 Å². The second-order valence-corrected chi connectivity index (χ2v) is 4.13. The number of esters is 2. The number of ether oxygens (including phenoxy) is 2. The molecule has 0 heterocycles. The molecule has 0 N–H and O–H groups in total. The third-order valence-electron chi connectivity index (χ3n) is 2.81. The first-order valence-corrected chi connectivity index (χ1v) is 5.85. The molecule has 0 aliphatic carbocycles. The molecule has 0 atom stereocenters. The van der Waals surface area contributed by atoms with Crippen LogP contribution in [0.25, 0.3) is 10.8 Å². The summed E-state index contributed by atoms with van der Waals surface area (Å²) in [5.41, 5.74) is 1.06. The molecule has 4 heteroatoms. The first kappa shape index (κ1) is 13.1. The Hall–Kier alpha value is -2.36. The lowest BCUT2D eigenvalue weighted by Gasteiger charge is -2.10. The van der Waals surface area contributed by atoms with Crippen LogP contribution in [-0.2, 0) is 20.9 Å². The number of carbonyl (C=O) groups excluding carboxylic acids is 2. The lowest BCUT2D eigenvalue weighted by molar-refractivity contribution is -0.142. The van der Waals surface area contributed by atoms with Gasteiger partial charge in [-0.05, 0) is 22.9 Å². The summed E-state index contributed by atoms with van der Waals surface area (Å²) in [6.45, 7) is 1.39. The summed E-state index contributed by atoms with van der Waals surface area (Å²) < 4.78 is 9.72. The third-order valence-corrected chi connectivity index (χ3v) is 2.81. The molecule has 98 valence electrons. The van der Waals surface area contributed by atoms with Crippen molar-refractivity contribution in [3.63, 3.8) is 0 Å². The van der Waals surface area contributed by atoms with Gasteiger partial charge in [0, 0.05) is 12.5 Å². The highest BCUT2D eigenvalue weighted by Gasteiger charge is 2.14. The molecule has 2 aromatic rings. The van der Waals surface area contributed by atoms with Crippen LogP contribution in [0.5, 0.6) is 0 Å². The van der Waals surface area contributed by atoms with Gasteiger partial charge in [0.15, 0.2) is 0 Å².